The monoisotopic (exact) mass is 441 g/mol. The van der Waals surface area contributed by atoms with Gasteiger partial charge in [-0.1, -0.05) is 6.07 Å². The largest absolute Gasteiger partial charge is 0.444 e. The number of hydrogen-bond donors (Lipinski definition) is 2. The number of anilines is 2. The van der Waals surface area contributed by atoms with Gasteiger partial charge in [0.25, 0.3) is 0 Å². The number of nitrogens with one attached hydrogen (secondary N) is 2. The molecular formula is C23H34F3N3O2. The molecule has 3 rings (SSSR count). The third kappa shape index (κ3) is 7.21. The second kappa shape index (κ2) is 9.57. The van der Waals surface area contributed by atoms with Crippen LogP contribution in [0, 0.1) is 5.92 Å². The average Bonchev–Trinajstić information content (AvgIpc) is 2.68. The highest BCUT2D eigenvalue weighted by Crippen LogP contribution is 2.36. The van der Waals surface area contributed by atoms with Crippen molar-refractivity contribution in [2.24, 2.45) is 5.92 Å². The number of hydrogen-bond acceptors (Lipinski definition) is 4. The van der Waals surface area contributed by atoms with Crippen LogP contribution < -0.4 is 15.5 Å². The molecule has 0 bridgehead atoms. The van der Waals surface area contributed by atoms with E-state index in [4.69, 9.17) is 4.74 Å². The van der Waals surface area contributed by atoms with Gasteiger partial charge in [0.05, 0.1) is 5.92 Å². The van der Waals surface area contributed by atoms with Gasteiger partial charge in [0, 0.05) is 36.5 Å². The third-order valence-corrected chi connectivity index (χ3v) is 5.99. The number of amides is 1. The maximum atomic E-state index is 12.9. The number of carbonyl (C=O) groups is 1. The van der Waals surface area contributed by atoms with E-state index in [1.54, 1.807) is 0 Å². The molecule has 0 spiro atoms. The molecule has 0 aromatic heterocycles. The number of nitrogens with zero attached hydrogens (tertiary/aromatic N) is 1. The molecule has 0 radical (unpaired) electrons. The standard InChI is InChI=1S/C23H34F3N3O2/c1-22(2,3)31-21(30)28-18-9-7-17(8-10-18)27-19-5-4-6-20(15-19)29-13-11-16(12-14-29)23(24,25)26/h4-6,15-18,27H,7-14H2,1-3H3,(H,28,30). The van der Waals surface area contributed by atoms with E-state index in [0.29, 0.717) is 19.1 Å². The van der Waals surface area contributed by atoms with Gasteiger partial charge in [0.2, 0.25) is 0 Å². The number of carbonyl (C=O) groups excluding carboxylic acids is 1. The number of alkyl carbamates (subject to hydrolysis) is 1. The fraction of sp³-hybridized carbons (Fsp3) is 0.696. The molecule has 1 aliphatic heterocycles. The molecule has 1 amide bonds. The minimum absolute atomic E-state index is 0.120. The summed E-state index contributed by atoms with van der Waals surface area (Å²) in [5.41, 5.74) is 1.44. The fourth-order valence-corrected chi connectivity index (χ4v) is 4.35. The van der Waals surface area contributed by atoms with Crippen molar-refractivity contribution in [1.29, 1.82) is 0 Å². The lowest BCUT2D eigenvalue weighted by atomic mass is 9.91. The van der Waals surface area contributed by atoms with Crippen molar-refractivity contribution < 1.29 is 22.7 Å². The Balaban J connectivity index is 1.46. The van der Waals surface area contributed by atoms with Crippen LogP contribution in [-0.2, 0) is 4.74 Å². The van der Waals surface area contributed by atoms with Crippen molar-refractivity contribution in [3.63, 3.8) is 0 Å². The molecule has 1 saturated heterocycles. The molecule has 2 N–H and O–H groups in total. The smallest absolute Gasteiger partial charge is 0.407 e. The van der Waals surface area contributed by atoms with Crippen molar-refractivity contribution >= 4 is 17.5 Å². The summed E-state index contributed by atoms with van der Waals surface area (Å²) in [6.45, 7) is 6.39. The highest BCUT2D eigenvalue weighted by molar-refractivity contribution is 5.68. The summed E-state index contributed by atoms with van der Waals surface area (Å²) >= 11 is 0. The molecular weight excluding hydrogens is 407 g/mol. The van der Waals surface area contributed by atoms with E-state index in [9.17, 15) is 18.0 Å². The number of rotatable bonds is 4. The van der Waals surface area contributed by atoms with Gasteiger partial charge in [-0.3, -0.25) is 0 Å². The van der Waals surface area contributed by atoms with Gasteiger partial charge in [-0.2, -0.15) is 13.2 Å². The first-order valence-electron chi connectivity index (χ1n) is 11.2. The zero-order valence-corrected chi connectivity index (χ0v) is 18.6. The molecule has 2 fully saturated rings. The summed E-state index contributed by atoms with van der Waals surface area (Å²) in [6, 6.07) is 8.36. The van der Waals surface area contributed by atoms with Crippen molar-refractivity contribution in [1.82, 2.24) is 5.32 Å². The highest BCUT2D eigenvalue weighted by atomic mass is 19.4. The molecule has 1 aromatic carbocycles. The Morgan fingerprint density at radius 3 is 2.19 bits per heavy atom. The van der Waals surface area contributed by atoms with E-state index in [-0.39, 0.29) is 25.0 Å². The Hall–Kier alpha value is -2.12. The molecule has 1 aromatic rings. The number of benzene rings is 1. The first kappa shape index (κ1) is 23.5. The van der Waals surface area contributed by atoms with Crippen LogP contribution in [0.25, 0.3) is 0 Å². The van der Waals surface area contributed by atoms with E-state index in [1.807, 2.05) is 49.9 Å². The summed E-state index contributed by atoms with van der Waals surface area (Å²) in [5, 5.41) is 6.51. The van der Waals surface area contributed by atoms with Gasteiger partial charge in [0.1, 0.15) is 5.60 Å². The lowest BCUT2D eigenvalue weighted by Gasteiger charge is -2.35. The minimum Gasteiger partial charge on any atom is -0.444 e. The zero-order chi connectivity index (χ0) is 22.6. The van der Waals surface area contributed by atoms with Crippen LogP contribution in [0.5, 0.6) is 0 Å². The molecule has 0 atom stereocenters. The van der Waals surface area contributed by atoms with Gasteiger partial charge >= 0.3 is 12.3 Å². The molecule has 31 heavy (non-hydrogen) atoms. The van der Waals surface area contributed by atoms with Crippen molar-refractivity contribution in [2.75, 3.05) is 23.3 Å². The predicted octanol–water partition coefficient (Wildman–Crippen LogP) is 5.71. The van der Waals surface area contributed by atoms with E-state index >= 15 is 0 Å². The molecule has 1 saturated carbocycles. The lowest BCUT2D eigenvalue weighted by Crippen LogP contribution is -2.42. The van der Waals surface area contributed by atoms with Crippen LogP contribution in [0.15, 0.2) is 24.3 Å². The van der Waals surface area contributed by atoms with Crippen LogP contribution in [0.1, 0.15) is 59.3 Å². The van der Waals surface area contributed by atoms with Gasteiger partial charge in [-0.15, -0.1) is 0 Å². The number of alkyl halides is 3. The maximum absolute atomic E-state index is 12.9. The Bertz CT molecular complexity index is 732. The number of ether oxygens (including phenoxy) is 1. The maximum Gasteiger partial charge on any atom is 0.407 e. The van der Waals surface area contributed by atoms with E-state index in [0.717, 1.165) is 37.1 Å². The normalized spacial score (nSPS) is 23.4. The van der Waals surface area contributed by atoms with Crippen molar-refractivity contribution in [2.45, 2.75) is 83.2 Å². The molecule has 5 nitrogen and oxygen atoms in total. The number of piperidine rings is 1. The first-order chi connectivity index (χ1) is 14.5. The summed E-state index contributed by atoms with van der Waals surface area (Å²) in [7, 11) is 0. The zero-order valence-electron chi connectivity index (χ0n) is 18.6. The molecule has 174 valence electrons. The van der Waals surface area contributed by atoms with Crippen LogP contribution >= 0.6 is 0 Å². The van der Waals surface area contributed by atoms with Gasteiger partial charge in [-0.05, 0) is 77.5 Å². The quantitative estimate of drug-likeness (QED) is 0.628. The Morgan fingerprint density at radius 1 is 1.00 bits per heavy atom. The van der Waals surface area contributed by atoms with Crippen molar-refractivity contribution in [3.05, 3.63) is 24.3 Å². The predicted molar refractivity (Wildman–Crippen MR) is 116 cm³/mol. The topological polar surface area (TPSA) is 53.6 Å². The van der Waals surface area contributed by atoms with Gasteiger partial charge in [-0.25, -0.2) is 4.79 Å². The summed E-state index contributed by atoms with van der Waals surface area (Å²) in [4.78, 5) is 14.0. The van der Waals surface area contributed by atoms with Crippen LogP contribution in [0.2, 0.25) is 0 Å². The number of halogens is 3. The minimum atomic E-state index is -4.09. The van der Waals surface area contributed by atoms with Gasteiger partial charge in [0.15, 0.2) is 0 Å². The van der Waals surface area contributed by atoms with Crippen LogP contribution in [0.3, 0.4) is 0 Å². The van der Waals surface area contributed by atoms with Crippen LogP contribution in [-0.4, -0.2) is 43.0 Å². The van der Waals surface area contributed by atoms with Gasteiger partial charge < -0.3 is 20.3 Å². The van der Waals surface area contributed by atoms with Crippen molar-refractivity contribution in [3.8, 4) is 0 Å². The van der Waals surface area contributed by atoms with Crippen LogP contribution in [0.4, 0.5) is 29.3 Å². The SMILES string of the molecule is CC(C)(C)OC(=O)NC1CCC(Nc2cccc(N3CCC(C(F)(F)F)CC3)c2)CC1. The second-order valence-corrected chi connectivity index (χ2v) is 9.69. The summed E-state index contributed by atoms with van der Waals surface area (Å²) < 4.78 is 44.0. The molecule has 2 aliphatic rings. The van der Waals surface area contributed by atoms with E-state index in [2.05, 4.69) is 10.6 Å². The average molecular weight is 442 g/mol. The first-order valence-corrected chi connectivity index (χ1v) is 11.2. The molecule has 8 heteroatoms. The Kier molecular flexibility index (Phi) is 7.27. The fourth-order valence-electron chi connectivity index (χ4n) is 4.35. The molecule has 0 unspecified atom stereocenters. The Labute approximate surface area is 182 Å². The van der Waals surface area contributed by atoms with E-state index < -0.39 is 17.7 Å². The second-order valence-electron chi connectivity index (χ2n) is 9.69. The lowest BCUT2D eigenvalue weighted by molar-refractivity contribution is -0.179. The molecule has 1 aliphatic carbocycles. The molecule has 1 heterocycles. The third-order valence-electron chi connectivity index (χ3n) is 5.99. The van der Waals surface area contributed by atoms with E-state index in [1.165, 1.54) is 0 Å². The highest BCUT2D eigenvalue weighted by Gasteiger charge is 2.41. The summed E-state index contributed by atoms with van der Waals surface area (Å²) in [5.74, 6) is -1.19. The summed E-state index contributed by atoms with van der Waals surface area (Å²) in [6.07, 6.45) is -0.545. The Morgan fingerprint density at radius 2 is 1.61 bits per heavy atom.